The van der Waals surface area contributed by atoms with Crippen molar-refractivity contribution in [3.63, 3.8) is 0 Å². The summed E-state index contributed by atoms with van der Waals surface area (Å²) in [5, 5.41) is 11.3. The molecule has 2 amide bonds. The van der Waals surface area contributed by atoms with Crippen molar-refractivity contribution < 1.29 is 14.3 Å². The van der Waals surface area contributed by atoms with E-state index in [0.717, 1.165) is 5.69 Å². The first-order valence-electron chi connectivity index (χ1n) is 9.38. The zero-order chi connectivity index (χ0) is 20.4. The van der Waals surface area contributed by atoms with Crippen LogP contribution in [0.15, 0.2) is 42.5 Å². The minimum absolute atomic E-state index is 0.0120. The molecule has 6 nitrogen and oxygen atoms in total. The van der Waals surface area contributed by atoms with Crippen molar-refractivity contribution in [1.82, 2.24) is 10.6 Å². The third kappa shape index (κ3) is 8.08. The number of fused-ring (bicyclic) bond motifs is 1. The Kier molecular flexibility index (Phi) is 8.44. The molecule has 0 bridgehead atoms. The first kappa shape index (κ1) is 21.9. The Balaban J connectivity index is 1.56. The lowest BCUT2D eigenvalue weighted by atomic mass is 10.1. The second-order valence-electron chi connectivity index (χ2n) is 7.28. The molecule has 0 heterocycles. The molecule has 0 radical (unpaired) electrons. The van der Waals surface area contributed by atoms with Crippen LogP contribution >= 0.6 is 11.8 Å². The molecule has 0 aliphatic rings. The van der Waals surface area contributed by atoms with E-state index in [2.05, 4.69) is 34.1 Å². The maximum atomic E-state index is 11.9. The van der Waals surface area contributed by atoms with Crippen LogP contribution < -0.4 is 16.0 Å². The van der Waals surface area contributed by atoms with Gasteiger partial charge in [-0.15, -0.1) is 0 Å². The number of anilines is 1. The van der Waals surface area contributed by atoms with Crippen LogP contribution in [0.2, 0.25) is 0 Å². The Bertz CT molecular complexity index is 785. The van der Waals surface area contributed by atoms with E-state index in [-0.39, 0.29) is 5.91 Å². The molecular weight excluding hydrogens is 374 g/mol. The topological polar surface area (TPSA) is 79.5 Å². The van der Waals surface area contributed by atoms with Gasteiger partial charge >= 0.3 is 6.09 Å². The summed E-state index contributed by atoms with van der Waals surface area (Å²) in [6.07, 6.45) is -0.433. The Labute approximate surface area is 170 Å². The first-order chi connectivity index (χ1) is 13.3. The van der Waals surface area contributed by atoms with Gasteiger partial charge in [-0.25, -0.2) is 4.79 Å². The molecule has 0 aromatic heterocycles. The summed E-state index contributed by atoms with van der Waals surface area (Å²) in [4.78, 5) is 23.4. The van der Waals surface area contributed by atoms with Crippen LogP contribution in [-0.2, 0) is 9.53 Å². The molecule has 0 aliphatic heterocycles. The van der Waals surface area contributed by atoms with Gasteiger partial charge in [0, 0.05) is 36.5 Å². The predicted octanol–water partition coefficient (Wildman–Crippen LogP) is 3.63. The highest BCUT2D eigenvalue weighted by molar-refractivity contribution is 7.99. The summed E-state index contributed by atoms with van der Waals surface area (Å²) >= 11 is 1.47. The molecule has 3 N–H and O–H groups in total. The summed E-state index contributed by atoms with van der Waals surface area (Å²) in [7, 11) is 0. The number of benzene rings is 2. The van der Waals surface area contributed by atoms with Gasteiger partial charge in [-0.1, -0.05) is 36.4 Å². The Morgan fingerprint density at radius 1 is 0.964 bits per heavy atom. The van der Waals surface area contributed by atoms with Gasteiger partial charge in [-0.2, -0.15) is 11.8 Å². The van der Waals surface area contributed by atoms with E-state index < -0.39 is 11.7 Å². The van der Waals surface area contributed by atoms with Gasteiger partial charge in [0.05, 0.1) is 5.75 Å². The maximum absolute atomic E-state index is 11.9. The van der Waals surface area contributed by atoms with Crippen LogP contribution in [0.3, 0.4) is 0 Å². The molecule has 152 valence electrons. The van der Waals surface area contributed by atoms with Crippen LogP contribution in [0.1, 0.15) is 20.8 Å². The monoisotopic (exact) mass is 403 g/mol. The van der Waals surface area contributed by atoms with E-state index in [0.29, 0.717) is 31.1 Å². The fourth-order valence-electron chi connectivity index (χ4n) is 2.53. The van der Waals surface area contributed by atoms with Crippen LogP contribution in [0.25, 0.3) is 10.8 Å². The number of ether oxygens (including phenoxy) is 1. The van der Waals surface area contributed by atoms with Crippen LogP contribution in [0, 0.1) is 0 Å². The molecule has 28 heavy (non-hydrogen) atoms. The van der Waals surface area contributed by atoms with E-state index in [1.54, 1.807) is 0 Å². The van der Waals surface area contributed by atoms with Crippen LogP contribution in [-0.4, -0.2) is 48.7 Å². The fraction of sp³-hybridized carbons (Fsp3) is 0.429. The van der Waals surface area contributed by atoms with Crippen molar-refractivity contribution in [2.24, 2.45) is 0 Å². The lowest BCUT2D eigenvalue weighted by Crippen LogP contribution is -2.34. The Morgan fingerprint density at radius 2 is 1.71 bits per heavy atom. The third-order valence-electron chi connectivity index (χ3n) is 3.70. The van der Waals surface area contributed by atoms with Gasteiger partial charge in [-0.3, -0.25) is 4.79 Å². The van der Waals surface area contributed by atoms with E-state index in [1.807, 2.05) is 45.0 Å². The number of hydrogen-bond donors (Lipinski definition) is 3. The van der Waals surface area contributed by atoms with Gasteiger partial charge in [0.1, 0.15) is 5.60 Å². The van der Waals surface area contributed by atoms with Gasteiger partial charge in [-0.05, 0) is 32.2 Å². The molecule has 2 aromatic carbocycles. The number of carbonyl (C=O) groups excluding carboxylic acids is 2. The van der Waals surface area contributed by atoms with Crippen molar-refractivity contribution in [2.75, 3.05) is 36.5 Å². The number of hydrogen-bond acceptors (Lipinski definition) is 5. The van der Waals surface area contributed by atoms with Gasteiger partial charge < -0.3 is 20.7 Å². The molecule has 2 rings (SSSR count). The Hall–Kier alpha value is -2.41. The third-order valence-corrected chi connectivity index (χ3v) is 4.66. The molecule has 0 saturated carbocycles. The number of nitrogens with one attached hydrogen (secondary N) is 3. The molecule has 7 heteroatoms. The van der Waals surface area contributed by atoms with Crippen molar-refractivity contribution in [2.45, 2.75) is 26.4 Å². The number of alkyl carbamates (subject to hydrolysis) is 1. The average molecular weight is 404 g/mol. The average Bonchev–Trinajstić information content (AvgIpc) is 2.63. The predicted molar refractivity (Wildman–Crippen MR) is 117 cm³/mol. The van der Waals surface area contributed by atoms with Crippen molar-refractivity contribution in [1.29, 1.82) is 0 Å². The highest BCUT2D eigenvalue weighted by Crippen LogP contribution is 2.22. The second-order valence-corrected chi connectivity index (χ2v) is 8.39. The van der Waals surface area contributed by atoms with Gasteiger partial charge in [0.15, 0.2) is 0 Å². The molecule has 0 unspecified atom stereocenters. The number of amides is 2. The zero-order valence-corrected chi connectivity index (χ0v) is 17.5. The van der Waals surface area contributed by atoms with Crippen molar-refractivity contribution in [3.05, 3.63) is 42.5 Å². The Morgan fingerprint density at radius 3 is 2.50 bits per heavy atom. The number of rotatable bonds is 9. The number of carbonyl (C=O) groups is 2. The highest BCUT2D eigenvalue weighted by Gasteiger charge is 2.15. The van der Waals surface area contributed by atoms with Crippen molar-refractivity contribution in [3.8, 4) is 0 Å². The summed E-state index contributed by atoms with van der Waals surface area (Å²) < 4.78 is 5.15. The largest absolute Gasteiger partial charge is 0.444 e. The minimum atomic E-state index is -0.503. The van der Waals surface area contributed by atoms with Crippen LogP contribution in [0.4, 0.5) is 10.5 Å². The molecule has 0 aliphatic carbocycles. The highest BCUT2D eigenvalue weighted by atomic mass is 32.2. The van der Waals surface area contributed by atoms with Crippen LogP contribution in [0.5, 0.6) is 0 Å². The summed E-state index contributed by atoms with van der Waals surface area (Å²) in [6.45, 7) is 7.14. The summed E-state index contributed by atoms with van der Waals surface area (Å²) in [5.41, 5.74) is 0.562. The molecular formula is C21H29N3O3S. The minimum Gasteiger partial charge on any atom is -0.444 e. The standard InChI is InChI=1S/C21H29N3O3S/c1-21(2,3)27-20(26)24-13-14-28-15-19(25)23-12-11-22-18-10-6-8-16-7-4-5-9-17(16)18/h4-10,22H,11-15H2,1-3H3,(H,23,25)(H,24,26). The zero-order valence-electron chi connectivity index (χ0n) is 16.7. The fourth-order valence-corrected chi connectivity index (χ4v) is 3.21. The van der Waals surface area contributed by atoms with Gasteiger partial charge in [0.2, 0.25) is 5.91 Å². The molecule has 0 atom stereocenters. The quantitative estimate of drug-likeness (QED) is 0.557. The summed E-state index contributed by atoms with van der Waals surface area (Å²) in [5.74, 6) is 1.01. The molecule has 0 fully saturated rings. The normalized spacial score (nSPS) is 11.1. The van der Waals surface area contributed by atoms with E-state index in [9.17, 15) is 9.59 Å². The van der Waals surface area contributed by atoms with Crippen molar-refractivity contribution >= 4 is 40.2 Å². The molecule has 0 saturated heterocycles. The van der Waals surface area contributed by atoms with E-state index in [4.69, 9.17) is 4.74 Å². The van der Waals surface area contributed by atoms with E-state index >= 15 is 0 Å². The lowest BCUT2D eigenvalue weighted by Gasteiger charge is -2.19. The smallest absolute Gasteiger partial charge is 0.407 e. The summed E-state index contributed by atoms with van der Waals surface area (Å²) in [6, 6.07) is 14.3. The molecule has 0 spiro atoms. The van der Waals surface area contributed by atoms with Gasteiger partial charge in [0.25, 0.3) is 0 Å². The maximum Gasteiger partial charge on any atom is 0.407 e. The number of thioether (sulfide) groups is 1. The first-order valence-corrected chi connectivity index (χ1v) is 10.5. The molecule has 2 aromatic rings. The SMILES string of the molecule is CC(C)(C)OC(=O)NCCSCC(=O)NCCNc1cccc2ccccc12. The van der Waals surface area contributed by atoms with E-state index in [1.165, 1.54) is 22.5 Å². The lowest BCUT2D eigenvalue weighted by molar-refractivity contribution is -0.118. The second kappa shape index (κ2) is 10.8.